The summed E-state index contributed by atoms with van der Waals surface area (Å²) in [5, 5.41) is 9.65. The van der Waals surface area contributed by atoms with Crippen molar-refractivity contribution in [3.8, 4) is 0 Å². The van der Waals surface area contributed by atoms with Crippen molar-refractivity contribution in [3.63, 3.8) is 0 Å². The van der Waals surface area contributed by atoms with E-state index in [-0.39, 0.29) is 19.1 Å². The van der Waals surface area contributed by atoms with Gasteiger partial charge >= 0.3 is 7.82 Å². The van der Waals surface area contributed by atoms with Crippen LogP contribution in [0.25, 0.3) is 0 Å². The van der Waals surface area contributed by atoms with Gasteiger partial charge in [0.05, 0.1) is 24.9 Å². The minimum absolute atomic E-state index is 0.258. The van der Waals surface area contributed by atoms with Gasteiger partial charge in [0.1, 0.15) is 21.8 Å². The molecule has 2 rings (SSSR count). The number of hydrogen-bond acceptors (Lipinski definition) is 6. The van der Waals surface area contributed by atoms with Gasteiger partial charge in [-0.3, -0.25) is 9.05 Å². The highest BCUT2D eigenvalue weighted by Gasteiger charge is 2.40. The van der Waals surface area contributed by atoms with E-state index >= 15 is 0 Å². The number of rotatable bonds is 7. The van der Waals surface area contributed by atoms with Crippen LogP contribution >= 0.6 is 7.82 Å². The van der Waals surface area contributed by atoms with Crippen LogP contribution in [-0.4, -0.2) is 68.7 Å². The zero-order valence-corrected chi connectivity index (χ0v) is 13.4. The molecule has 0 aliphatic carbocycles. The quantitative estimate of drug-likeness (QED) is 0.509. The molecule has 2 aliphatic rings. The minimum Gasteiger partial charge on any atom is -0.390 e. The summed E-state index contributed by atoms with van der Waals surface area (Å²) in [4.78, 5) is 9.81. The van der Waals surface area contributed by atoms with Gasteiger partial charge in [-0.2, -0.15) is 0 Å². The van der Waals surface area contributed by atoms with Crippen LogP contribution in [-0.2, 0) is 23.1 Å². The average Bonchev–Trinajstić information content (AvgIpc) is 2.90. The Morgan fingerprint density at radius 2 is 1.86 bits per heavy atom. The van der Waals surface area contributed by atoms with Gasteiger partial charge in [-0.1, -0.05) is 13.3 Å². The maximum absolute atomic E-state index is 12.0. The Balaban J connectivity index is 1.83. The van der Waals surface area contributed by atoms with Crippen LogP contribution < -0.4 is 0 Å². The summed E-state index contributed by atoms with van der Waals surface area (Å²) in [5.41, 5.74) is 0. The van der Waals surface area contributed by atoms with E-state index in [9.17, 15) is 14.6 Å². The number of aliphatic hydroxyl groups is 1. The van der Waals surface area contributed by atoms with Crippen LogP contribution in [0.5, 0.6) is 0 Å². The van der Waals surface area contributed by atoms with Crippen LogP contribution in [0.15, 0.2) is 0 Å². The lowest BCUT2D eigenvalue weighted by atomic mass is 9.96. The van der Waals surface area contributed by atoms with Gasteiger partial charge in [-0.15, -0.1) is 0 Å². The van der Waals surface area contributed by atoms with Crippen molar-refractivity contribution in [2.24, 2.45) is 0 Å². The Labute approximate surface area is 133 Å². The Hall–Kier alpha value is 0.120. The van der Waals surface area contributed by atoms with Crippen molar-refractivity contribution >= 4 is 23.5 Å². The highest BCUT2D eigenvalue weighted by atomic mass is 31.2. The van der Waals surface area contributed by atoms with Crippen molar-refractivity contribution in [2.75, 3.05) is 6.61 Å². The molecule has 122 valence electrons. The van der Waals surface area contributed by atoms with E-state index in [4.69, 9.17) is 34.2 Å². The maximum Gasteiger partial charge on any atom is 0.472 e. The standard InChI is InChI=1S/C12H21B2O7P/c1-2-3-8-9(5-12(14)19-8)21-22(16,17)18-6-10-7(15)4-11(13)20-10/h7-12,15H,2-6H2,1H3,(H,16,17)/t7-,8?,9-,10?,11-,12-/m1/s1. The monoisotopic (exact) mass is 330 g/mol. The van der Waals surface area contributed by atoms with E-state index in [2.05, 4.69) is 0 Å². The molecule has 0 aromatic heterocycles. The first-order valence-electron chi connectivity index (χ1n) is 7.46. The van der Waals surface area contributed by atoms with Crippen LogP contribution in [0.1, 0.15) is 32.6 Å². The molecule has 0 amide bonds. The summed E-state index contributed by atoms with van der Waals surface area (Å²) in [7, 11) is 6.92. The zero-order chi connectivity index (χ0) is 16.3. The highest BCUT2D eigenvalue weighted by molar-refractivity contribution is 7.47. The molecular weight excluding hydrogens is 309 g/mol. The topological polar surface area (TPSA) is 94.5 Å². The fourth-order valence-corrected chi connectivity index (χ4v) is 3.64. The molecule has 2 saturated heterocycles. The van der Waals surface area contributed by atoms with E-state index < -0.39 is 38.1 Å². The lowest BCUT2D eigenvalue weighted by molar-refractivity contribution is -0.0174. The first kappa shape index (κ1) is 18.5. The Bertz CT molecular complexity index is 413. The molecule has 2 heterocycles. The fraction of sp³-hybridized carbons (Fsp3) is 1.00. The van der Waals surface area contributed by atoms with Crippen LogP contribution in [0, 0.1) is 0 Å². The van der Waals surface area contributed by atoms with Gasteiger partial charge < -0.3 is 19.5 Å². The molecule has 3 unspecified atom stereocenters. The first-order valence-corrected chi connectivity index (χ1v) is 8.96. The predicted molar refractivity (Wildman–Crippen MR) is 79.6 cm³/mol. The summed E-state index contributed by atoms with van der Waals surface area (Å²) < 4.78 is 32.7. The Morgan fingerprint density at radius 1 is 1.23 bits per heavy atom. The zero-order valence-electron chi connectivity index (χ0n) is 12.5. The van der Waals surface area contributed by atoms with Gasteiger partial charge in [-0.05, 0) is 19.3 Å². The molecule has 10 heteroatoms. The van der Waals surface area contributed by atoms with E-state index in [0.717, 1.165) is 6.42 Å². The molecule has 0 bridgehead atoms. The van der Waals surface area contributed by atoms with Crippen molar-refractivity contribution < 1.29 is 33.1 Å². The van der Waals surface area contributed by atoms with Crippen LogP contribution in [0.3, 0.4) is 0 Å². The molecule has 7 nitrogen and oxygen atoms in total. The van der Waals surface area contributed by atoms with Gasteiger partial charge in [-0.25, -0.2) is 4.57 Å². The first-order chi connectivity index (χ1) is 10.3. The van der Waals surface area contributed by atoms with E-state index in [1.807, 2.05) is 6.92 Å². The van der Waals surface area contributed by atoms with Crippen molar-refractivity contribution in [3.05, 3.63) is 0 Å². The van der Waals surface area contributed by atoms with Crippen molar-refractivity contribution in [1.29, 1.82) is 0 Å². The van der Waals surface area contributed by atoms with Crippen LogP contribution in [0.4, 0.5) is 0 Å². The minimum atomic E-state index is -4.30. The average molecular weight is 330 g/mol. The summed E-state index contributed by atoms with van der Waals surface area (Å²) in [6.07, 6.45) is -0.390. The lowest BCUT2D eigenvalue weighted by Crippen LogP contribution is -2.27. The summed E-state index contributed by atoms with van der Waals surface area (Å²) in [5.74, 6) is 0. The molecule has 22 heavy (non-hydrogen) atoms. The largest absolute Gasteiger partial charge is 0.472 e. The molecule has 4 radical (unpaired) electrons. The van der Waals surface area contributed by atoms with Gasteiger partial charge in [0.15, 0.2) is 0 Å². The summed E-state index contributed by atoms with van der Waals surface area (Å²) >= 11 is 0. The third-order valence-electron chi connectivity index (χ3n) is 3.73. The predicted octanol–water partition coefficient (Wildman–Crippen LogP) is 0.217. The maximum atomic E-state index is 12.0. The Kier molecular flexibility index (Phi) is 6.54. The second-order valence-corrected chi connectivity index (χ2v) is 7.07. The molecule has 2 fully saturated rings. The third-order valence-corrected chi connectivity index (χ3v) is 4.74. The lowest BCUT2D eigenvalue weighted by Gasteiger charge is -2.22. The second-order valence-electron chi connectivity index (χ2n) is 5.66. The number of phosphoric acid groups is 1. The molecule has 0 aromatic rings. The summed E-state index contributed by atoms with van der Waals surface area (Å²) in [6, 6.07) is -1.11. The number of ether oxygens (including phenoxy) is 2. The van der Waals surface area contributed by atoms with E-state index in [0.29, 0.717) is 12.8 Å². The van der Waals surface area contributed by atoms with E-state index in [1.165, 1.54) is 0 Å². The molecule has 2 N–H and O–H groups in total. The highest BCUT2D eigenvalue weighted by Crippen LogP contribution is 2.48. The normalized spacial score (nSPS) is 41.6. The van der Waals surface area contributed by atoms with Gasteiger partial charge in [0, 0.05) is 12.0 Å². The van der Waals surface area contributed by atoms with Crippen molar-refractivity contribution in [2.45, 2.75) is 69.0 Å². The Morgan fingerprint density at radius 3 is 2.45 bits per heavy atom. The third kappa shape index (κ3) is 5.06. The second kappa shape index (κ2) is 7.79. The van der Waals surface area contributed by atoms with Gasteiger partial charge in [0.25, 0.3) is 0 Å². The molecule has 7 atom stereocenters. The molecule has 0 saturated carbocycles. The SMILES string of the molecule is [B][C@H]1C[C@@H](O)C(COP(=O)(O)O[C@@H]2C[C@H]([B])OC2CCC)O1. The van der Waals surface area contributed by atoms with Crippen molar-refractivity contribution in [1.82, 2.24) is 0 Å². The smallest absolute Gasteiger partial charge is 0.390 e. The number of hydrogen-bond donors (Lipinski definition) is 2. The number of phosphoric ester groups is 1. The number of aliphatic hydroxyl groups excluding tert-OH is 1. The summed E-state index contributed by atoms with van der Waals surface area (Å²) in [6.45, 7) is 1.70. The van der Waals surface area contributed by atoms with E-state index in [1.54, 1.807) is 0 Å². The molecule has 2 aliphatic heterocycles. The molecule has 0 spiro atoms. The molecular formula is C12H21B2O7P. The fourth-order valence-electron chi connectivity index (χ4n) is 2.68. The molecule has 0 aromatic carbocycles. The van der Waals surface area contributed by atoms with Gasteiger partial charge in [0.2, 0.25) is 0 Å². The van der Waals surface area contributed by atoms with Crippen LogP contribution in [0.2, 0.25) is 0 Å².